The minimum Gasteiger partial charge on any atom is -0.493 e. The van der Waals surface area contributed by atoms with Gasteiger partial charge in [0.1, 0.15) is 11.3 Å². The Morgan fingerprint density at radius 3 is 2.21 bits per heavy atom. The second-order valence-corrected chi connectivity index (χ2v) is 13.9. The predicted molar refractivity (Wildman–Crippen MR) is 141 cm³/mol. The topological polar surface area (TPSA) is 55.4 Å². The highest BCUT2D eigenvalue weighted by atomic mass is 35.6. The Labute approximate surface area is 220 Å². The van der Waals surface area contributed by atoms with Gasteiger partial charge >= 0.3 is 5.91 Å². The zero-order valence-electron chi connectivity index (χ0n) is 20.2. The van der Waals surface area contributed by atoms with E-state index in [1.165, 1.54) is 0 Å². The van der Waals surface area contributed by atoms with Gasteiger partial charge in [-0.2, -0.15) is 5.43 Å². The molecular weight excluding hydrogens is 515 g/mol. The summed E-state index contributed by atoms with van der Waals surface area (Å²) in [6, 6.07) is 9.05. The molecular formula is C25H30Cl3N2O3S+. The van der Waals surface area contributed by atoms with Crippen molar-refractivity contribution in [3.05, 3.63) is 63.7 Å². The van der Waals surface area contributed by atoms with Crippen LogP contribution in [0.5, 0.6) is 5.75 Å². The maximum atomic E-state index is 14.1. The van der Waals surface area contributed by atoms with Crippen molar-refractivity contribution in [2.75, 3.05) is 6.61 Å². The van der Waals surface area contributed by atoms with Gasteiger partial charge in [-0.1, -0.05) is 44.9 Å². The fourth-order valence-electron chi connectivity index (χ4n) is 4.22. The second-order valence-electron chi connectivity index (χ2n) is 9.61. The van der Waals surface area contributed by atoms with Crippen molar-refractivity contribution in [2.24, 2.45) is 0 Å². The quantitative estimate of drug-likeness (QED) is 0.195. The summed E-state index contributed by atoms with van der Waals surface area (Å²) in [6.07, 6.45) is 1.71. The minimum atomic E-state index is -1.88. The number of nitrogens with one attached hydrogen (secondary N) is 1. The van der Waals surface area contributed by atoms with E-state index in [0.717, 1.165) is 52.8 Å². The van der Waals surface area contributed by atoms with Crippen LogP contribution in [0.2, 0.25) is 0 Å². The van der Waals surface area contributed by atoms with Crippen LogP contribution in [-0.4, -0.2) is 31.1 Å². The zero-order chi connectivity index (χ0) is 25.5. The zero-order valence-corrected chi connectivity index (χ0v) is 23.3. The molecule has 0 aromatic heterocycles. The number of quaternary nitrogens is 1. The maximum Gasteiger partial charge on any atom is 0.382 e. The molecule has 0 saturated heterocycles. The van der Waals surface area contributed by atoms with E-state index >= 15 is 0 Å². The van der Waals surface area contributed by atoms with Crippen LogP contribution in [0.15, 0.2) is 30.3 Å². The number of carbonyl (C=O) groups excluding carboxylic acids is 2. The smallest absolute Gasteiger partial charge is 0.382 e. The van der Waals surface area contributed by atoms with Crippen LogP contribution in [-0.2, 0) is 6.42 Å². The Morgan fingerprint density at radius 2 is 1.65 bits per heavy atom. The molecule has 0 bridgehead atoms. The fourth-order valence-corrected chi connectivity index (χ4v) is 6.05. The van der Waals surface area contributed by atoms with Crippen molar-refractivity contribution < 1.29 is 18.3 Å². The van der Waals surface area contributed by atoms with Gasteiger partial charge in [-0.3, -0.25) is 4.79 Å². The number of ether oxygens (including phenoxy) is 1. The van der Waals surface area contributed by atoms with Crippen LogP contribution in [0.4, 0.5) is 0 Å². The highest BCUT2D eigenvalue weighted by Gasteiger charge is 2.57. The molecule has 184 valence electrons. The summed E-state index contributed by atoms with van der Waals surface area (Å²) in [5.41, 5.74) is 6.62. The van der Waals surface area contributed by atoms with Crippen molar-refractivity contribution in [1.29, 1.82) is 0 Å². The summed E-state index contributed by atoms with van der Waals surface area (Å²) in [5, 5.41) is 0. The van der Waals surface area contributed by atoms with Crippen LogP contribution >= 0.6 is 46.8 Å². The number of carbonyl (C=O) groups is 2. The highest BCUT2D eigenvalue weighted by Crippen LogP contribution is 2.49. The summed E-state index contributed by atoms with van der Waals surface area (Å²) < 4.78 is 3.20. The van der Waals surface area contributed by atoms with Crippen molar-refractivity contribution in [2.45, 2.75) is 63.0 Å². The SMILES string of the molecule is Cc1cc(C)cc(C(=O)[N+](NC(=O)c2ccc3c(c2C)CCCO3)(SC(Cl)(Cl)Cl)C(C)(C)C)c1. The van der Waals surface area contributed by atoms with Crippen molar-refractivity contribution in [3.63, 3.8) is 0 Å². The monoisotopic (exact) mass is 543 g/mol. The number of benzene rings is 2. The van der Waals surface area contributed by atoms with Gasteiger partial charge in [-0.15, -0.1) is 0 Å². The third-order valence-corrected chi connectivity index (χ3v) is 7.73. The lowest BCUT2D eigenvalue weighted by molar-refractivity contribution is -0.801. The number of amides is 2. The molecule has 2 aromatic rings. The molecule has 1 N–H and O–H groups in total. The lowest BCUT2D eigenvalue weighted by atomic mass is 9.96. The Hall–Kier alpha value is -1.44. The number of alkyl halides is 3. The number of nitrogens with zero attached hydrogens (tertiary/aromatic N) is 1. The van der Waals surface area contributed by atoms with Crippen LogP contribution in [0.3, 0.4) is 0 Å². The lowest BCUT2D eigenvalue weighted by Crippen LogP contribution is -2.68. The van der Waals surface area contributed by atoms with Gasteiger partial charge < -0.3 is 4.74 Å². The van der Waals surface area contributed by atoms with Crippen LogP contribution in [0, 0.1) is 20.8 Å². The molecule has 1 heterocycles. The molecule has 1 unspecified atom stereocenters. The van der Waals surface area contributed by atoms with Gasteiger partial charge in [-0.25, -0.2) is 4.79 Å². The van der Waals surface area contributed by atoms with E-state index in [-0.39, 0.29) is 5.91 Å². The molecule has 9 heteroatoms. The molecule has 0 fully saturated rings. The second kappa shape index (κ2) is 9.90. The van der Waals surface area contributed by atoms with E-state index in [1.54, 1.807) is 24.3 Å². The first-order chi connectivity index (χ1) is 15.6. The van der Waals surface area contributed by atoms with Crippen LogP contribution in [0.1, 0.15) is 70.2 Å². The van der Waals surface area contributed by atoms with Crippen LogP contribution < -0.4 is 10.2 Å². The van der Waals surface area contributed by atoms with E-state index < -0.39 is 18.6 Å². The lowest BCUT2D eigenvalue weighted by Gasteiger charge is -2.43. The van der Waals surface area contributed by atoms with Crippen LogP contribution in [0.25, 0.3) is 0 Å². The Balaban J connectivity index is 2.14. The Bertz CT molecular complexity index is 1110. The van der Waals surface area contributed by atoms with E-state index in [0.29, 0.717) is 17.7 Å². The molecule has 34 heavy (non-hydrogen) atoms. The largest absolute Gasteiger partial charge is 0.493 e. The molecule has 1 aliphatic heterocycles. The summed E-state index contributed by atoms with van der Waals surface area (Å²) in [5.74, 6) is -0.0259. The molecule has 1 atom stereocenters. The van der Waals surface area contributed by atoms with E-state index in [4.69, 9.17) is 39.5 Å². The van der Waals surface area contributed by atoms with Crippen molar-refractivity contribution >= 4 is 58.6 Å². The number of hydrogen-bond acceptors (Lipinski definition) is 4. The first-order valence-corrected chi connectivity index (χ1v) is 12.9. The van der Waals surface area contributed by atoms with Crippen molar-refractivity contribution in [1.82, 2.24) is 5.43 Å². The summed E-state index contributed by atoms with van der Waals surface area (Å²) in [6.45, 7) is 11.8. The number of rotatable bonds is 3. The Morgan fingerprint density at radius 1 is 1.03 bits per heavy atom. The molecule has 0 aliphatic carbocycles. The molecule has 2 amide bonds. The number of aryl methyl sites for hydroxylation is 2. The molecule has 3 rings (SSSR count). The van der Waals surface area contributed by atoms with E-state index in [9.17, 15) is 9.59 Å². The van der Waals surface area contributed by atoms with E-state index in [1.807, 2.05) is 47.6 Å². The van der Waals surface area contributed by atoms with E-state index in [2.05, 4.69) is 5.43 Å². The van der Waals surface area contributed by atoms with Gasteiger partial charge in [0, 0.05) is 5.56 Å². The van der Waals surface area contributed by atoms with Gasteiger partial charge in [0.2, 0.25) is 0 Å². The molecule has 1 aliphatic rings. The molecule has 0 radical (unpaired) electrons. The number of fused-ring (bicyclic) bond motifs is 1. The standard InChI is InChI=1S/C25H29Cl3N2O3S/c1-15-12-16(2)14-18(13-15)23(32)30(24(4,5)6,34-25(26,27)28)29-22(31)20-9-10-21-19(17(20)3)8-7-11-33-21/h9-10,12-14H,7-8,11H2,1-6H3/p+1. The predicted octanol–water partition coefficient (Wildman–Crippen LogP) is 7.01. The normalized spacial score (nSPS) is 15.7. The third-order valence-electron chi connectivity index (χ3n) is 5.83. The third kappa shape index (κ3) is 5.68. The molecule has 5 nitrogen and oxygen atoms in total. The highest BCUT2D eigenvalue weighted by molar-refractivity contribution is 7.99. The summed E-state index contributed by atoms with van der Waals surface area (Å²) in [7, 11) is 0. The Kier molecular flexibility index (Phi) is 7.91. The molecule has 0 spiro atoms. The van der Waals surface area contributed by atoms with Crippen molar-refractivity contribution in [3.8, 4) is 5.75 Å². The first kappa shape index (κ1) is 27.2. The number of halogens is 3. The maximum absolute atomic E-state index is 14.1. The average molecular weight is 545 g/mol. The van der Waals surface area contributed by atoms with Gasteiger partial charge in [-0.05, 0) is 101 Å². The average Bonchev–Trinajstić information content (AvgIpc) is 2.70. The van der Waals surface area contributed by atoms with Gasteiger partial charge in [0.05, 0.1) is 12.2 Å². The minimum absolute atomic E-state index is 0.386. The summed E-state index contributed by atoms with van der Waals surface area (Å²) in [4.78, 5) is 27.8. The van der Waals surface area contributed by atoms with Gasteiger partial charge in [0.15, 0.2) is 11.9 Å². The summed E-state index contributed by atoms with van der Waals surface area (Å²) >= 11 is 19.5. The number of hydrogen-bond donors (Lipinski definition) is 1. The first-order valence-electron chi connectivity index (χ1n) is 11.0. The molecule has 2 aromatic carbocycles. The fraction of sp³-hybridized carbons (Fsp3) is 0.440. The van der Waals surface area contributed by atoms with Gasteiger partial charge in [0.25, 0.3) is 9.03 Å². The molecule has 0 saturated carbocycles.